The first-order chi connectivity index (χ1) is 23.1. The molecule has 1 aliphatic carbocycles. The summed E-state index contributed by atoms with van der Waals surface area (Å²) < 4.78 is 19.3. The van der Waals surface area contributed by atoms with E-state index in [0.717, 1.165) is 48.3 Å². The summed E-state index contributed by atoms with van der Waals surface area (Å²) in [6, 6.07) is 20.9. The van der Waals surface area contributed by atoms with Gasteiger partial charge in [0.15, 0.2) is 11.2 Å². The molecule has 252 valence electrons. The van der Waals surface area contributed by atoms with E-state index in [1.54, 1.807) is 7.11 Å². The van der Waals surface area contributed by atoms with E-state index in [0.29, 0.717) is 30.3 Å². The zero-order valence-electron chi connectivity index (χ0n) is 27.1. The van der Waals surface area contributed by atoms with E-state index in [4.69, 9.17) is 19.9 Å². The molecule has 0 radical (unpaired) electrons. The Balaban J connectivity index is 1.10. The number of anilines is 1. The quantitative estimate of drug-likeness (QED) is 0.0390. The van der Waals surface area contributed by atoms with Crippen molar-refractivity contribution in [1.29, 1.82) is 0 Å². The van der Waals surface area contributed by atoms with Crippen molar-refractivity contribution in [3.8, 4) is 5.88 Å². The molecule has 0 saturated heterocycles. The average Bonchev–Trinajstić information content (AvgIpc) is 3.76. The lowest BCUT2D eigenvalue weighted by atomic mass is 10.2. The van der Waals surface area contributed by atoms with Gasteiger partial charge in [0.05, 0.1) is 63.9 Å². The number of nitrogens with two attached hydrogens (primary N) is 1. The lowest BCUT2D eigenvalue weighted by molar-refractivity contribution is 0.136. The number of nitrogens with zero attached hydrogens (tertiary/aromatic N) is 4. The minimum atomic E-state index is -1.28. The highest BCUT2D eigenvalue weighted by molar-refractivity contribution is 8.77. The van der Waals surface area contributed by atoms with E-state index in [1.165, 1.54) is 23.5 Å². The number of allylic oxidation sites excluding steroid dienone is 2. The van der Waals surface area contributed by atoms with Crippen molar-refractivity contribution >= 4 is 67.6 Å². The first-order valence-corrected chi connectivity index (χ1v) is 23.5. The zero-order valence-corrected chi connectivity index (χ0v) is 31.3. The van der Waals surface area contributed by atoms with Crippen molar-refractivity contribution in [1.82, 2.24) is 19.5 Å². The van der Waals surface area contributed by atoms with Crippen LogP contribution in [-0.4, -0.2) is 87.5 Å². The highest BCUT2D eigenvalue weighted by Crippen LogP contribution is 2.64. The lowest BCUT2D eigenvalue weighted by Gasteiger charge is -2.29. The molecule has 1 aliphatic rings. The van der Waals surface area contributed by atoms with Crippen LogP contribution in [0.2, 0.25) is 0 Å². The largest absolute Gasteiger partial charge is 0.479 e. The zero-order chi connectivity index (χ0) is 32.7. The van der Waals surface area contributed by atoms with E-state index < -0.39 is 7.26 Å². The molecule has 13 heteroatoms. The van der Waals surface area contributed by atoms with Crippen LogP contribution in [0.5, 0.6) is 5.88 Å². The van der Waals surface area contributed by atoms with Crippen LogP contribution in [-0.2, 0) is 22.7 Å². The van der Waals surface area contributed by atoms with Gasteiger partial charge in [-0.25, -0.2) is 4.98 Å². The molecule has 2 N–H and O–H groups in total. The molecule has 2 atom stereocenters. The number of ether oxygens (including phenoxy) is 3. The number of nitrogen functional groups attached to an aromatic ring is 1. The van der Waals surface area contributed by atoms with Crippen LogP contribution in [0, 0.1) is 0 Å². The maximum atomic E-state index is 6.01. The second-order valence-corrected chi connectivity index (χ2v) is 21.4. The van der Waals surface area contributed by atoms with Gasteiger partial charge >= 0.3 is 0 Å². The topological polar surface area (TPSA) is 97.3 Å². The van der Waals surface area contributed by atoms with Gasteiger partial charge in [0.25, 0.3) is 0 Å². The first kappa shape index (κ1) is 36.4. The molecule has 0 spiro atoms. The molecular weight excluding hydrogens is 686 g/mol. The molecule has 0 aliphatic heterocycles. The van der Waals surface area contributed by atoms with Crippen molar-refractivity contribution in [2.75, 3.05) is 68.1 Å². The number of methoxy groups -OCH3 is 1. The number of hydrogen-bond acceptors (Lipinski definition) is 11. The number of hydrogen-bond donors (Lipinski definition) is 1. The molecule has 4 aromatic rings. The minimum Gasteiger partial charge on any atom is -0.479 e. The van der Waals surface area contributed by atoms with Gasteiger partial charge in [0, 0.05) is 43.4 Å². The van der Waals surface area contributed by atoms with Crippen LogP contribution in [0.1, 0.15) is 23.6 Å². The third-order valence-corrected chi connectivity index (χ3v) is 18.0. The fraction of sp³-hybridized carbons (Fsp3) is 0.441. The second kappa shape index (κ2) is 19.3. The number of imidazole rings is 1. The van der Waals surface area contributed by atoms with Gasteiger partial charge in [-0.3, -0.25) is 0 Å². The highest BCUT2D eigenvalue weighted by Gasteiger charge is 2.42. The molecule has 0 unspecified atom stereocenters. The lowest BCUT2D eigenvalue weighted by Crippen LogP contribution is -2.19. The number of aromatic nitrogens is 4. The Morgan fingerprint density at radius 2 is 1.38 bits per heavy atom. The van der Waals surface area contributed by atoms with Gasteiger partial charge in [-0.05, 0) is 17.2 Å². The van der Waals surface area contributed by atoms with Crippen molar-refractivity contribution in [3.05, 3.63) is 90.3 Å². The first-order valence-electron chi connectivity index (χ1n) is 15.8. The molecule has 0 amide bonds. The Kier molecular flexibility index (Phi) is 14.9. The van der Waals surface area contributed by atoms with Crippen molar-refractivity contribution in [3.63, 3.8) is 0 Å². The van der Waals surface area contributed by atoms with Crippen LogP contribution >= 0.6 is 50.4 Å². The smallest absolute Gasteiger partial charge is 0.246 e. The summed E-state index contributed by atoms with van der Waals surface area (Å²) >= 11 is 0. The van der Waals surface area contributed by atoms with E-state index in [9.17, 15) is 0 Å². The molecule has 2 aromatic carbocycles. The summed E-state index contributed by atoms with van der Waals surface area (Å²) in [5, 5.41) is 0. The maximum absolute atomic E-state index is 6.01. The Labute approximate surface area is 295 Å². The Morgan fingerprint density at radius 1 is 0.809 bits per heavy atom. The van der Waals surface area contributed by atoms with Gasteiger partial charge in [-0.15, -0.1) is 0 Å². The van der Waals surface area contributed by atoms with Gasteiger partial charge in [-0.2, -0.15) is 9.97 Å². The predicted molar refractivity (Wildman–Crippen MR) is 207 cm³/mol. The molecular formula is C34H45N5O3PS4+. The Hall–Kier alpha value is -1.92. The maximum Gasteiger partial charge on any atom is 0.246 e. The van der Waals surface area contributed by atoms with E-state index in [2.05, 4.69) is 86.9 Å². The summed E-state index contributed by atoms with van der Waals surface area (Å²) in [5.74, 6) is 4.93. The summed E-state index contributed by atoms with van der Waals surface area (Å²) in [6.45, 7) is 5.48. The third kappa shape index (κ3) is 11.0. The fourth-order valence-electron chi connectivity index (χ4n) is 5.51. The monoisotopic (exact) mass is 730 g/mol. The van der Waals surface area contributed by atoms with Crippen LogP contribution in [0.15, 0.2) is 79.1 Å². The van der Waals surface area contributed by atoms with Crippen molar-refractivity contribution < 1.29 is 14.2 Å². The normalized spacial score (nSPS) is 16.3. The van der Waals surface area contributed by atoms with E-state index in [1.807, 2.05) is 61.6 Å². The summed E-state index contributed by atoms with van der Waals surface area (Å²) in [7, 11) is 8.16. The third-order valence-electron chi connectivity index (χ3n) is 8.18. The summed E-state index contributed by atoms with van der Waals surface area (Å²) in [5.41, 5.74) is 10.4. The molecule has 0 saturated carbocycles. The van der Waals surface area contributed by atoms with Crippen LogP contribution in [0.25, 0.3) is 11.2 Å². The molecule has 2 aromatic heterocycles. The standard InChI is InChI=1S/C34H45N5O3PS4/c1-40-33-31-32(37-34(35)38-33)39(26-36-31)29-13-14-30(23-29)43(2,17-21-46-44-19-15-41-24-27-9-5-3-6-10-27)18-22-47-45-20-16-42-25-28-11-7-4-8-12-28/h3-14,26,29-30H,15-25H2,1-2H3,(H2,35,37,38)/q+1/t29-,30+/m0/s1. The minimum absolute atomic E-state index is 0.191. The van der Waals surface area contributed by atoms with Gasteiger partial charge in [-0.1, -0.05) is 110 Å². The molecule has 0 fully saturated rings. The van der Waals surface area contributed by atoms with Crippen LogP contribution < -0.4 is 10.5 Å². The van der Waals surface area contributed by atoms with Crippen molar-refractivity contribution in [2.24, 2.45) is 0 Å². The Morgan fingerprint density at radius 3 is 1.96 bits per heavy atom. The number of benzene rings is 2. The van der Waals surface area contributed by atoms with Crippen molar-refractivity contribution in [2.45, 2.75) is 31.3 Å². The van der Waals surface area contributed by atoms with Crippen LogP contribution in [0.4, 0.5) is 5.95 Å². The van der Waals surface area contributed by atoms with E-state index in [-0.39, 0.29) is 12.0 Å². The second-order valence-electron chi connectivity index (χ2n) is 11.5. The van der Waals surface area contributed by atoms with Gasteiger partial charge in [0.2, 0.25) is 11.8 Å². The molecule has 47 heavy (non-hydrogen) atoms. The average molecular weight is 731 g/mol. The summed E-state index contributed by atoms with van der Waals surface area (Å²) in [4.78, 5) is 13.3. The van der Waals surface area contributed by atoms with Gasteiger partial charge < -0.3 is 24.5 Å². The predicted octanol–water partition coefficient (Wildman–Crippen LogP) is 8.13. The summed E-state index contributed by atoms with van der Waals surface area (Å²) in [6.07, 6.45) is 10.2. The molecule has 2 heterocycles. The Bertz CT molecular complexity index is 1480. The number of rotatable bonds is 21. The van der Waals surface area contributed by atoms with E-state index >= 15 is 0 Å². The van der Waals surface area contributed by atoms with Crippen LogP contribution in [0.3, 0.4) is 0 Å². The molecule has 8 nitrogen and oxygen atoms in total. The molecule has 5 rings (SSSR count). The van der Waals surface area contributed by atoms with Gasteiger partial charge in [0.1, 0.15) is 0 Å². The fourth-order valence-corrected chi connectivity index (χ4v) is 15.6. The molecule has 0 bridgehead atoms. The number of fused-ring (bicyclic) bond motifs is 1. The highest BCUT2D eigenvalue weighted by atomic mass is 33.1. The SMILES string of the molecule is COc1nc(N)nc2c1ncn2[C@H]1C=C[C@@H]([P+](C)(CCSSCCOCc2ccccc2)CCSSCCOCc2ccccc2)C1.